The van der Waals surface area contributed by atoms with Gasteiger partial charge in [0.25, 0.3) is 0 Å². The largest absolute Gasteiger partial charge is 1.00 e. The van der Waals surface area contributed by atoms with Gasteiger partial charge in [0.05, 0.1) is 6.54 Å². The van der Waals surface area contributed by atoms with Gasteiger partial charge in [0, 0.05) is 18.6 Å². The molecule has 0 aliphatic rings. The first-order valence-corrected chi connectivity index (χ1v) is 12.0. The van der Waals surface area contributed by atoms with Crippen molar-refractivity contribution >= 4 is 5.91 Å². The van der Waals surface area contributed by atoms with Gasteiger partial charge in [-0.2, -0.15) is 0 Å². The summed E-state index contributed by atoms with van der Waals surface area (Å²) in [5.74, 6) is 0.200. The lowest BCUT2D eigenvalue weighted by molar-refractivity contribution is -0.694. The van der Waals surface area contributed by atoms with Gasteiger partial charge < -0.3 is 17.7 Å². The van der Waals surface area contributed by atoms with E-state index in [9.17, 15) is 4.79 Å². The van der Waals surface area contributed by atoms with Crippen molar-refractivity contribution < 1.29 is 21.8 Å². The van der Waals surface area contributed by atoms with Crippen molar-refractivity contribution in [3.05, 3.63) is 30.6 Å². The Morgan fingerprint density at radius 3 is 1.62 bits per heavy atom. The van der Waals surface area contributed by atoms with Crippen LogP contribution in [0.25, 0.3) is 0 Å². The average Bonchev–Trinajstić information content (AvgIpc) is 2.71. The van der Waals surface area contributed by atoms with Crippen molar-refractivity contribution in [2.24, 2.45) is 0 Å². The van der Waals surface area contributed by atoms with Gasteiger partial charge in [-0.1, -0.05) is 103 Å². The number of unbranched alkanes of at least 4 members (excludes halogenated alkanes) is 14. The smallest absolute Gasteiger partial charge is 0.220 e. The number of nitrogens with zero attached hydrogens (tertiary/aromatic N) is 1. The summed E-state index contributed by atoms with van der Waals surface area (Å²) in [6.07, 6.45) is 25.1. The second-order valence-corrected chi connectivity index (χ2v) is 8.16. The van der Waals surface area contributed by atoms with Crippen molar-refractivity contribution in [1.29, 1.82) is 0 Å². The molecule has 4 heteroatoms. The minimum Gasteiger partial charge on any atom is -1.00 e. The first-order valence-electron chi connectivity index (χ1n) is 12.0. The number of nitrogens with one attached hydrogen (secondary N) is 1. The monoisotopic (exact) mass is 424 g/mol. The van der Waals surface area contributed by atoms with E-state index in [2.05, 4.69) is 16.8 Å². The van der Waals surface area contributed by atoms with Crippen molar-refractivity contribution in [2.45, 2.75) is 116 Å². The molecule has 0 aromatic carbocycles. The Morgan fingerprint density at radius 1 is 0.690 bits per heavy atom. The maximum atomic E-state index is 11.8. The Labute approximate surface area is 186 Å². The number of carbonyl (C=O) groups is 1. The van der Waals surface area contributed by atoms with Gasteiger partial charge in [0.15, 0.2) is 18.9 Å². The van der Waals surface area contributed by atoms with Gasteiger partial charge in [0.1, 0.15) is 0 Å². The summed E-state index contributed by atoms with van der Waals surface area (Å²) in [6.45, 7) is 3.84. The van der Waals surface area contributed by atoms with E-state index >= 15 is 0 Å². The number of hydrogen-bond acceptors (Lipinski definition) is 1. The molecule has 1 aromatic heterocycles. The van der Waals surface area contributed by atoms with Crippen molar-refractivity contribution in [3.63, 3.8) is 0 Å². The molecule has 0 fully saturated rings. The molecule has 1 aromatic rings. The molecule has 0 atom stereocenters. The van der Waals surface area contributed by atoms with Crippen molar-refractivity contribution in [3.8, 4) is 0 Å². The predicted octanol–water partition coefficient (Wildman–Crippen LogP) is 3.36. The molecule has 1 amide bonds. The summed E-state index contributed by atoms with van der Waals surface area (Å²) in [6, 6.07) is 6.03. The minimum atomic E-state index is 0. The molecule has 168 valence electrons. The lowest BCUT2D eigenvalue weighted by Gasteiger charge is -2.04. The van der Waals surface area contributed by atoms with E-state index in [1.165, 1.54) is 89.9 Å². The molecule has 0 unspecified atom stereocenters. The van der Waals surface area contributed by atoms with Crippen LogP contribution in [-0.2, 0) is 11.3 Å². The van der Waals surface area contributed by atoms with Gasteiger partial charge in [-0.15, -0.1) is 0 Å². The van der Waals surface area contributed by atoms with E-state index in [0.717, 1.165) is 13.0 Å². The molecule has 0 radical (unpaired) electrons. The van der Waals surface area contributed by atoms with E-state index in [1.807, 2.05) is 30.6 Å². The highest BCUT2D eigenvalue weighted by molar-refractivity contribution is 5.75. The number of rotatable bonds is 19. The van der Waals surface area contributed by atoms with Gasteiger partial charge in [-0.25, -0.2) is 4.57 Å². The van der Waals surface area contributed by atoms with E-state index in [0.29, 0.717) is 13.0 Å². The Kier molecular flexibility index (Phi) is 20.8. The van der Waals surface area contributed by atoms with Crippen LogP contribution in [0.2, 0.25) is 0 Å². The molecular formula is C25H45ClN2O. The molecular weight excluding hydrogens is 380 g/mol. The highest BCUT2D eigenvalue weighted by atomic mass is 35.5. The number of pyridine rings is 1. The van der Waals surface area contributed by atoms with Crippen LogP contribution in [0.3, 0.4) is 0 Å². The Morgan fingerprint density at radius 2 is 1.14 bits per heavy atom. The van der Waals surface area contributed by atoms with Crippen LogP contribution in [0.5, 0.6) is 0 Å². The van der Waals surface area contributed by atoms with Gasteiger partial charge in [-0.3, -0.25) is 4.79 Å². The molecule has 0 saturated heterocycles. The maximum absolute atomic E-state index is 11.8. The first kappa shape index (κ1) is 27.9. The number of halogens is 1. The van der Waals surface area contributed by atoms with Crippen LogP contribution in [0, 0.1) is 0 Å². The number of carbonyl (C=O) groups excluding carboxylic acids is 1. The Balaban J connectivity index is 0.00000784. The number of amides is 1. The lowest BCUT2D eigenvalue weighted by Crippen LogP contribution is -3.00. The van der Waals surface area contributed by atoms with Crippen LogP contribution in [0.4, 0.5) is 0 Å². The SMILES string of the molecule is CCCCCCCCCCCCCCCCCC(=O)NCC[n+]1ccccc1.[Cl-]. The average molecular weight is 425 g/mol. The summed E-state index contributed by atoms with van der Waals surface area (Å²) in [4.78, 5) is 11.8. The second kappa shape index (κ2) is 21.6. The van der Waals surface area contributed by atoms with Crippen LogP contribution in [0.15, 0.2) is 30.6 Å². The summed E-state index contributed by atoms with van der Waals surface area (Å²) in [5.41, 5.74) is 0. The van der Waals surface area contributed by atoms with Crippen molar-refractivity contribution in [2.75, 3.05) is 6.54 Å². The fourth-order valence-electron chi connectivity index (χ4n) is 3.65. The Hall–Kier alpha value is -1.09. The topological polar surface area (TPSA) is 33.0 Å². The highest BCUT2D eigenvalue weighted by Gasteiger charge is 2.03. The van der Waals surface area contributed by atoms with E-state index in [4.69, 9.17) is 0 Å². The molecule has 3 nitrogen and oxygen atoms in total. The molecule has 0 aliphatic heterocycles. The Bertz CT molecular complexity index is 467. The summed E-state index contributed by atoms with van der Waals surface area (Å²) < 4.78 is 2.09. The molecule has 0 spiro atoms. The first-order chi connectivity index (χ1) is 13.8. The van der Waals surface area contributed by atoms with E-state index in [-0.39, 0.29) is 18.3 Å². The zero-order valence-corrected chi connectivity index (χ0v) is 19.6. The van der Waals surface area contributed by atoms with Crippen LogP contribution >= 0.6 is 0 Å². The summed E-state index contributed by atoms with van der Waals surface area (Å²) in [7, 11) is 0. The minimum absolute atomic E-state index is 0. The summed E-state index contributed by atoms with van der Waals surface area (Å²) in [5, 5.41) is 3.02. The van der Waals surface area contributed by atoms with Crippen LogP contribution < -0.4 is 22.3 Å². The third-order valence-electron chi connectivity index (χ3n) is 5.48. The molecule has 1 N–H and O–H groups in total. The van der Waals surface area contributed by atoms with E-state index in [1.54, 1.807) is 0 Å². The standard InChI is InChI=1S/C25H44N2O.ClH/c1-2-3-4-5-6-7-8-9-10-11-12-13-14-15-17-20-25(28)26-21-24-27-22-18-16-19-23-27;/h16,18-19,22-23H,2-15,17,20-21,24H2,1H3;1H. The molecule has 29 heavy (non-hydrogen) atoms. The fourth-order valence-corrected chi connectivity index (χ4v) is 3.65. The highest BCUT2D eigenvalue weighted by Crippen LogP contribution is 2.13. The third kappa shape index (κ3) is 18.7. The van der Waals surface area contributed by atoms with Gasteiger partial charge in [-0.05, 0) is 6.42 Å². The third-order valence-corrected chi connectivity index (χ3v) is 5.48. The van der Waals surface area contributed by atoms with Crippen LogP contribution in [0.1, 0.15) is 110 Å². The van der Waals surface area contributed by atoms with Gasteiger partial charge >= 0.3 is 0 Å². The normalized spacial score (nSPS) is 10.5. The molecule has 1 rings (SSSR count). The maximum Gasteiger partial charge on any atom is 0.220 e. The van der Waals surface area contributed by atoms with Gasteiger partial charge in [0.2, 0.25) is 5.91 Å². The quantitative estimate of drug-likeness (QED) is 0.268. The number of hydrogen-bond donors (Lipinski definition) is 1. The molecule has 0 saturated carbocycles. The zero-order valence-electron chi connectivity index (χ0n) is 18.8. The molecule has 0 aliphatic carbocycles. The zero-order chi connectivity index (χ0) is 20.1. The second-order valence-electron chi connectivity index (χ2n) is 8.16. The fraction of sp³-hybridized carbons (Fsp3) is 0.760. The predicted molar refractivity (Wildman–Crippen MR) is 119 cm³/mol. The van der Waals surface area contributed by atoms with E-state index < -0.39 is 0 Å². The molecule has 1 heterocycles. The summed E-state index contributed by atoms with van der Waals surface area (Å²) >= 11 is 0. The number of aromatic nitrogens is 1. The van der Waals surface area contributed by atoms with Crippen molar-refractivity contribution in [1.82, 2.24) is 5.32 Å². The van der Waals surface area contributed by atoms with Crippen LogP contribution in [-0.4, -0.2) is 12.5 Å². The molecule has 0 bridgehead atoms. The lowest BCUT2D eigenvalue weighted by atomic mass is 10.0.